The largest absolute Gasteiger partial charge is 0.492 e. The van der Waals surface area contributed by atoms with Gasteiger partial charge in [-0.15, -0.1) is 0 Å². The molecule has 4 heteroatoms. The van der Waals surface area contributed by atoms with Gasteiger partial charge >= 0.3 is 0 Å². The Morgan fingerprint density at radius 2 is 2.06 bits per heavy atom. The van der Waals surface area contributed by atoms with Gasteiger partial charge in [-0.25, -0.2) is 0 Å². The molecule has 18 heavy (non-hydrogen) atoms. The normalized spacial score (nSPS) is 10.8. The molecule has 0 radical (unpaired) electrons. The second-order valence-corrected chi connectivity index (χ2v) is 4.42. The molecule has 4 nitrogen and oxygen atoms in total. The van der Waals surface area contributed by atoms with E-state index in [0.29, 0.717) is 6.61 Å². The van der Waals surface area contributed by atoms with Gasteiger partial charge in [0.15, 0.2) is 0 Å². The van der Waals surface area contributed by atoms with Crippen LogP contribution in [-0.4, -0.2) is 34.9 Å². The quantitative estimate of drug-likeness (QED) is 0.779. The molecule has 0 spiro atoms. The maximum Gasteiger partial charge on any atom is 0.119 e. The topological polar surface area (TPSA) is 30.3 Å². The zero-order valence-corrected chi connectivity index (χ0v) is 10.9. The van der Waals surface area contributed by atoms with Crippen LogP contribution in [0.15, 0.2) is 42.7 Å². The van der Waals surface area contributed by atoms with E-state index in [-0.39, 0.29) is 0 Å². The molecule has 0 saturated heterocycles. The van der Waals surface area contributed by atoms with Crippen LogP contribution in [0.5, 0.6) is 5.75 Å². The molecule has 0 aliphatic heterocycles. The molecule has 0 N–H and O–H groups in total. The van der Waals surface area contributed by atoms with E-state index in [4.69, 9.17) is 4.74 Å². The summed E-state index contributed by atoms with van der Waals surface area (Å²) in [5.74, 6) is 0.923. The van der Waals surface area contributed by atoms with E-state index in [9.17, 15) is 0 Å². The third-order valence-corrected chi connectivity index (χ3v) is 2.70. The van der Waals surface area contributed by atoms with Gasteiger partial charge in [-0.05, 0) is 19.2 Å². The summed E-state index contributed by atoms with van der Waals surface area (Å²) in [5, 5.41) is 4.16. The molecule has 96 valence electrons. The van der Waals surface area contributed by atoms with Crippen molar-refractivity contribution in [1.29, 1.82) is 0 Å². The van der Waals surface area contributed by atoms with Gasteiger partial charge in [0, 0.05) is 31.9 Å². The molecule has 0 saturated carbocycles. The number of nitrogens with zero attached hydrogens (tertiary/aromatic N) is 3. The molecule has 0 fully saturated rings. The minimum absolute atomic E-state index is 0.695. The fourth-order valence-corrected chi connectivity index (χ4v) is 1.78. The smallest absolute Gasteiger partial charge is 0.119 e. The van der Waals surface area contributed by atoms with Crippen LogP contribution in [0.2, 0.25) is 0 Å². The summed E-state index contributed by atoms with van der Waals surface area (Å²) in [6, 6.07) is 9.90. The Morgan fingerprint density at radius 1 is 1.28 bits per heavy atom. The highest BCUT2D eigenvalue weighted by atomic mass is 16.5. The highest BCUT2D eigenvalue weighted by Crippen LogP contribution is 2.08. The SMILES string of the molecule is CN(CCOc1ccccc1)Cc1cnn(C)c1. The van der Waals surface area contributed by atoms with Crippen LogP contribution < -0.4 is 4.74 Å². The monoisotopic (exact) mass is 245 g/mol. The zero-order chi connectivity index (χ0) is 12.8. The Hall–Kier alpha value is -1.81. The van der Waals surface area contributed by atoms with E-state index in [0.717, 1.165) is 18.8 Å². The van der Waals surface area contributed by atoms with Crippen molar-refractivity contribution in [2.45, 2.75) is 6.54 Å². The molecule has 1 heterocycles. The Balaban J connectivity index is 1.70. The van der Waals surface area contributed by atoms with Gasteiger partial charge in [-0.3, -0.25) is 9.58 Å². The third kappa shape index (κ3) is 3.89. The Kier molecular flexibility index (Phi) is 4.36. The average Bonchev–Trinajstić information content (AvgIpc) is 2.76. The van der Waals surface area contributed by atoms with E-state index in [1.165, 1.54) is 5.56 Å². The van der Waals surface area contributed by atoms with E-state index < -0.39 is 0 Å². The predicted octanol–water partition coefficient (Wildman–Crippen LogP) is 1.93. The molecule has 0 unspecified atom stereocenters. The molecular weight excluding hydrogens is 226 g/mol. The van der Waals surface area contributed by atoms with Crippen LogP contribution >= 0.6 is 0 Å². The highest BCUT2D eigenvalue weighted by molar-refractivity contribution is 5.20. The highest BCUT2D eigenvalue weighted by Gasteiger charge is 2.02. The standard InChI is InChI=1S/C14H19N3O/c1-16(11-13-10-15-17(2)12-13)8-9-18-14-6-4-3-5-7-14/h3-7,10,12H,8-9,11H2,1-2H3. The fourth-order valence-electron chi connectivity index (χ4n) is 1.78. The van der Waals surface area contributed by atoms with E-state index in [1.54, 1.807) is 0 Å². The van der Waals surface area contributed by atoms with Gasteiger partial charge in [0.25, 0.3) is 0 Å². The number of benzene rings is 1. The lowest BCUT2D eigenvalue weighted by atomic mass is 10.3. The molecule has 0 aliphatic carbocycles. The summed E-state index contributed by atoms with van der Waals surface area (Å²) in [4.78, 5) is 2.22. The average molecular weight is 245 g/mol. The first-order valence-electron chi connectivity index (χ1n) is 6.08. The number of hydrogen-bond donors (Lipinski definition) is 0. The van der Waals surface area contributed by atoms with Crippen molar-refractivity contribution in [3.8, 4) is 5.75 Å². The Morgan fingerprint density at radius 3 is 2.72 bits per heavy atom. The van der Waals surface area contributed by atoms with Gasteiger partial charge in [0.05, 0.1) is 6.20 Å². The van der Waals surface area contributed by atoms with Crippen LogP contribution in [0.25, 0.3) is 0 Å². The Labute approximate surface area is 108 Å². The minimum Gasteiger partial charge on any atom is -0.492 e. The summed E-state index contributed by atoms with van der Waals surface area (Å²) in [7, 11) is 4.02. The number of para-hydroxylation sites is 1. The van der Waals surface area contributed by atoms with E-state index in [1.807, 2.05) is 54.5 Å². The molecule has 0 bridgehead atoms. The second kappa shape index (κ2) is 6.21. The first-order chi connectivity index (χ1) is 8.74. The summed E-state index contributed by atoms with van der Waals surface area (Å²) >= 11 is 0. The molecule has 0 aliphatic rings. The molecule has 2 aromatic rings. The number of likely N-dealkylation sites (N-methyl/N-ethyl adjacent to an activating group) is 1. The van der Waals surface area contributed by atoms with Crippen LogP contribution in [0, 0.1) is 0 Å². The van der Waals surface area contributed by atoms with Gasteiger partial charge in [-0.2, -0.15) is 5.10 Å². The van der Waals surface area contributed by atoms with Crippen LogP contribution in [-0.2, 0) is 13.6 Å². The molecular formula is C14H19N3O. The van der Waals surface area contributed by atoms with Crippen molar-refractivity contribution >= 4 is 0 Å². The molecule has 2 rings (SSSR count). The van der Waals surface area contributed by atoms with Crippen molar-refractivity contribution in [1.82, 2.24) is 14.7 Å². The number of hydrogen-bond acceptors (Lipinski definition) is 3. The first kappa shape index (κ1) is 12.6. The summed E-state index contributed by atoms with van der Waals surface area (Å²) in [5.41, 5.74) is 1.22. The van der Waals surface area contributed by atoms with E-state index in [2.05, 4.69) is 17.0 Å². The maximum absolute atomic E-state index is 5.66. The summed E-state index contributed by atoms with van der Waals surface area (Å²) < 4.78 is 7.48. The maximum atomic E-state index is 5.66. The van der Waals surface area contributed by atoms with Crippen molar-refractivity contribution in [2.24, 2.45) is 7.05 Å². The molecule has 1 aromatic carbocycles. The lowest BCUT2D eigenvalue weighted by Crippen LogP contribution is -2.23. The van der Waals surface area contributed by atoms with Crippen molar-refractivity contribution in [3.63, 3.8) is 0 Å². The van der Waals surface area contributed by atoms with Crippen LogP contribution in [0.1, 0.15) is 5.56 Å². The lowest BCUT2D eigenvalue weighted by molar-refractivity contribution is 0.233. The minimum atomic E-state index is 0.695. The van der Waals surface area contributed by atoms with Crippen molar-refractivity contribution in [3.05, 3.63) is 48.3 Å². The first-order valence-corrected chi connectivity index (χ1v) is 6.08. The number of ether oxygens (including phenoxy) is 1. The van der Waals surface area contributed by atoms with E-state index >= 15 is 0 Å². The summed E-state index contributed by atoms with van der Waals surface area (Å²) in [6.45, 7) is 2.48. The predicted molar refractivity (Wildman–Crippen MR) is 71.5 cm³/mol. The number of aryl methyl sites for hydroxylation is 1. The van der Waals surface area contributed by atoms with Crippen LogP contribution in [0.3, 0.4) is 0 Å². The number of aromatic nitrogens is 2. The summed E-state index contributed by atoms with van der Waals surface area (Å²) in [6.07, 6.45) is 3.93. The Bertz CT molecular complexity index is 467. The molecule has 0 atom stereocenters. The van der Waals surface area contributed by atoms with Gasteiger partial charge in [0.1, 0.15) is 12.4 Å². The van der Waals surface area contributed by atoms with Gasteiger partial charge in [0.2, 0.25) is 0 Å². The zero-order valence-electron chi connectivity index (χ0n) is 10.9. The van der Waals surface area contributed by atoms with Crippen molar-refractivity contribution < 1.29 is 4.74 Å². The molecule has 1 aromatic heterocycles. The van der Waals surface area contributed by atoms with Gasteiger partial charge < -0.3 is 4.74 Å². The lowest BCUT2D eigenvalue weighted by Gasteiger charge is -2.15. The number of rotatable bonds is 6. The fraction of sp³-hybridized carbons (Fsp3) is 0.357. The van der Waals surface area contributed by atoms with Gasteiger partial charge in [-0.1, -0.05) is 18.2 Å². The van der Waals surface area contributed by atoms with Crippen LogP contribution in [0.4, 0.5) is 0 Å². The third-order valence-electron chi connectivity index (χ3n) is 2.70. The second-order valence-electron chi connectivity index (χ2n) is 4.42. The van der Waals surface area contributed by atoms with Crippen molar-refractivity contribution in [2.75, 3.05) is 20.2 Å². The molecule has 0 amide bonds.